The molecule has 1 N–H and O–H groups in total. The van der Waals surface area contributed by atoms with Gasteiger partial charge >= 0.3 is 5.69 Å². The Morgan fingerprint density at radius 3 is 2.35 bits per heavy atom. The van der Waals surface area contributed by atoms with Gasteiger partial charge in [-0.05, 0) is 46.4 Å². The van der Waals surface area contributed by atoms with Crippen molar-refractivity contribution in [2.24, 2.45) is 0 Å². The van der Waals surface area contributed by atoms with Crippen molar-refractivity contribution in [3.63, 3.8) is 0 Å². The van der Waals surface area contributed by atoms with Gasteiger partial charge in [-0.15, -0.1) is 0 Å². The van der Waals surface area contributed by atoms with Crippen LogP contribution in [0.5, 0.6) is 11.5 Å². The lowest BCUT2D eigenvalue weighted by Gasteiger charge is -2.19. The van der Waals surface area contributed by atoms with Gasteiger partial charge in [0.25, 0.3) is 5.91 Å². The largest absolute Gasteiger partial charge is 0.450 e. The molecule has 0 unspecified atom stereocenters. The van der Waals surface area contributed by atoms with E-state index in [0.717, 1.165) is 11.1 Å². The predicted molar refractivity (Wildman–Crippen MR) is 130 cm³/mol. The quantitative estimate of drug-likeness (QED) is 0.206. The van der Waals surface area contributed by atoms with Crippen molar-refractivity contribution < 1.29 is 14.5 Å². The minimum atomic E-state index is -0.562. The van der Waals surface area contributed by atoms with Gasteiger partial charge in [0, 0.05) is 12.6 Å². The van der Waals surface area contributed by atoms with Crippen LogP contribution in [0, 0.1) is 21.4 Å². The molecule has 3 aromatic carbocycles. The molecule has 0 atom stereocenters. The third-order valence-corrected chi connectivity index (χ3v) is 5.10. The molecule has 0 bridgehead atoms. The number of nitriles is 1. The number of nitro benzene ring substituents is 1. The van der Waals surface area contributed by atoms with Crippen LogP contribution in [-0.4, -0.2) is 10.8 Å². The van der Waals surface area contributed by atoms with Crippen molar-refractivity contribution in [1.29, 1.82) is 5.26 Å². The molecule has 0 heterocycles. The zero-order chi connectivity index (χ0) is 24.7. The highest BCUT2D eigenvalue weighted by atomic mass is 16.6. The van der Waals surface area contributed by atoms with Gasteiger partial charge in [-0.2, -0.15) is 5.26 Å². The maximum atomic E-state index is 12.4. The lowest BCUT2D eigenvalue weighted by atomic mass is 9.87. The molecular weight excluding hydrogens is 430 g/mol. The van der Waals surface area contributed by atoms with E-state index in [4.69, 9.17) is 4.74 Å². The Morgan fingerprint density at radius 2 is 1.76 bits per heavy atom. The molecule has 3 aromatic rings. The van der Waals surface area contributed by atoms with Crippen LogP contribution in [0.3, 0.4) is 0 Å². The number of rotatable bonds is 7. The second kappa shape index (κ2) is 10.5. The van der Waals surface area contributed by atoms with Crippen molar-refractivity contribution in [2.75, 3.05) is 0 Å². The number of nitro groups is 1. The lowest BCUT2D eigenvalue weighted by Crippen LogP contribution is -2.23. The molecule has 0 spiro atoms. The summed E-state index contributed by atoms with van der Waals surface area (Å²) in [6, 6.07) is 22.8. The third kappa shape index (κ3) is 6.30. The number of hydrogen-bond acceptors (Lipinski definition) is 5. The summed E-state index contributed by atoms with van der Waals surface area (Å²) in [5, 5.41) is 23.8. The second-order valence-electron chi connectivity index (χ2n) is 8.70. The van der Waals surface area contributed by atoms with Crippen LogP contribution in [-0.2, 0) is 16.8 Å². The number of carbonyl (C=O) groups is 1. The number of hydrogen-bond donors (Lipinski definition) is 1. The molecule has 0 saturated carbocycles. The molecule has 0 fully saturated rings. The topological polar surface area (TPSA) is 105 Å². The first-order valence-electron chi connectivity index (χ1n) is 10.7. The van der Waals surface area contributed by atoms with E-state index in [1.165, 1.54) is 18.2 Å². The standard InChI is InChI=1S/C27H25N3O4/c1-27(2,3)22-10-12-23(13-11-22)34-25-14-9-20(16-24(25)30(32)33)15-21(17-28)26(31)29-18-19-7-5-4-6-8-19/h4-16H,18H2,1-3H3,(H,29,31)/b21-15-. The molecule has 7 heteroatoms. The Hall–Kier alpha value is -4.44. The lowest BCUT2D eigenvalue weighted by molar-refractivity contribution is -0.385. The molecule has 172 valence electrons. The van der Waals surface area contributed by atoms with Gasteiger partial charge < -0.3 is 10.1 Å². The first-order chi connectivity index (χ1) is 16.2. The minimum Gasteiger partial charge on any atom is -0.450 e. The number of nitrogens with one attached hydrogen (secondary N) is 1. The van der Waals surface area contributed by atoms with Crippen LogP contribution in [0.1, 0.15) is 37.5 Å². The van der Waals surface area contributed by atoms with Crippen LogP contribution in [0.4, 0.5) is 5.69 Å². The number of nitrogens with zero attached hydrogens (tertiary/aromatic N) is 2. The molecule has 0 saturated heterocycles. The van der Waals surface area contributed by atoms with E-state index in [-0.39, 0.29) is 29.0 Å². The van der Waals surface area contributed by atoms with Crippen molar-refractivity contribution in [3.8, 4) is 17.6 Å². The van der Waals surface area contributed by atoms with Gasteiger partial charge in [0.15, 0.2) is 0 Å². The van der Waals surface area contributed by atoms with Crippen molar-refractivity contribution in [3.05, 3.63) is 105 Å². The predicted octanol–water partition coefficient (Wildman–Crippen LogP) is 5.91. The molecule has 0 aromatic heterocycles. The molecule has 0 aliphatic carbocycles. The average molecular weight is 456 g/mol. The Labute approximate surface area is 198 Å². The zero-order valence-electron chi connectivity index (χ0n) is 19.2. The first kappa shape index (κ1) is 24.2. The number of amides is 1. The van der Waals surface area contributed by atoms with Gasteiger partial charge in [0.2, 0.25) is 5.75 Å². The highest BCUT2D eigenvalue weighted by Crippen LogP contribution is 2.34. The molecule has 0 aliphatic heterocycles. The summed E-state index contributed by atoms with van der Waals surface area (Å²) >= 11 is 0. The maximum absolute atomic E-state index is 12.4. The summed E-state index contributed by atoms with van der Waals surface area (Å²) in [7, 11) is 0. The van der Waals surface area contributed by atoms with Gasteiger partial charge in [0.05, 0.1) is 4.92 Å². The molecule has 34 heavy (non-hydrogen) atoms. The van der Waals surface area contributed by atoms with Gasteiger partial charge in [-0.1, -0.05) is 69.3 Å². The Kier molecular flexibility index (Phi) is 7.44. The highest BCUT2D eigenvalue weighted by molar-refractivity contribution is 6.01. The third-order valence-electron chi connectivity index (χ3n) is 5.10. The Balaban J connectivity index is 1.79. The SMILES string of the molecule is CC(C)(C)c1ccc(Oc2ccc(/C=C(/C#N)C(=O)NCc3ccccc3)cc2[N+](=O)[O-])cc1. The van der Waals surface area contributed by atoms with E-state index >= 15 is 0 Å². The molecular formula is C27H25N3O4. The van der Waals surface area contributed by atoms with Crippen LogP contribution >= 0.6 is 0 Å². The molecule has 7 nitrogen and oxygen atoms in total. The summed E-state index contributed by atoms with van der Waals surface area (Å²) in [6.07, 6.45) is 1.31. The Bertz CT molecular complexity index is 1250. The summed E-state index contributed by atoms with van der Waals surface area (Å²) < 4.78 is 5.75. The van der Waals surface area contributed by atoms with Gasteiger partial charge in [-0.3, -0.25) is 14.9 Å². The summed E-state index contributed by atoms with van der Waals surface area (Å²) in [5.41, 5.74) is 1.90. The minimum absolute atomic E-state index is 0.0235. The molecule has 0 aliphatic rings. The summed E-state index contributed by atoms with van der Waals surface area (Å²) in [6.45, 7) is 6.55. The fourth-order valence-electron chi connectivity index (χ4n) is 3.19. The van der Waals surface area contributed by atoms with E-state index in [1.807, 2.05) is 48.5 Å². The average Bonchev–Trinajstić information content (AvgIpc) is 2.82. The summed E-state index contributed by atoms with van der Waals surface area (Å²) in [5.74, 6) is -0.0247. The van der Waals surface area contributed by atoms with Gasteiger partial charge in [-0.25, -0.2) is 0 Å². The first-order valence-corrected chi connectivity index (χ1v) is 10.7. The number of benzene rings is 3. The normalized spacial score (nSPS) is 11.4. The molecule has 3 rings (SSSR count). The fraction of sp³-hybridized carbons (Fsp3) is 0.185. The van der Waals surface area contributed by atoms with E-state index in [0.29, 0.717) is 11.3 Å². The molecule has 0 radical (unpaired) electrons. The second-order valence-corrected chi connectivity index (χ2v) is 8.70. The smallest absolute Gasteiger partial charge is 0.312 e. The number of carbonyl (C=O) groups excluding carboxylic acids is 1. The maximum Gasteiger partial charge on any atom is 0.312 e. The van der Waals surface area contributed by atoms with Gasteiger partial charge in [0.1, 0.15) is 17.4 Å². The van der Waals surface area contributed by atoms with E-state index in [1.54, 1.807) is 18.2 Å². The fourth-order valence-corrected chi connectivity index (χ4v) is 3.19. The van der Waals surface area contributed by atoms with Crippen LogP contribution in [0.15, 0.2) is 78.4 Å². The van der Waals surface area contributed by atoms with Crippen molar-refractivity contribution in [2.45, 2.75) is 32.7 Å². The highest BCUT2D eigenvalue weighted by Gasteiger charge is 2.18. The molecule has 1 amide bonds. The Morgan fingerprint density at radius 1 is 1.09 bits per heavy atom. The van der Waals surface area contributed by atoms with E-state index in [9.17, 15) is 20.2 Å². The van der Waals surface area contributed by atoms with E-state index in [2.05, 4.69) is 26.1 Å². The monoisotopic (exact) mass is 455 g/mol. The van der Waals surface area contributed by atoms with Crippen molar-refractivity contribution in [1.82, 2.24) is 5.32 Å². The number of ether oxygens (including phenoxy) is 1. The zero-order valence-corrected chi connectivity index (χ0v) is 19.2. The van der Waals surface area contributed by atoms with E-state index < -0.39 is 10.8 Å². The summed E-state index contributed by atoms with van der Waals surface area (Å²) in [4.78, 5) is 23.5. The van der Waals surface area contributed by atoms with Crippen molar-refractivity contribution >= 4 is 17.7 Å². The van der Waals surface area contributed by atoms with Crippen LogP contribution in [0.25, 0.3) is 6.08 Å². The van der Waals surface area contributed by atoms with Crippen LogP contribution < -0.4 is 10.1 Å². The van der Waals surface area contributed by atoms with Crippen LogP contribution in [0.2, 0.25) is 0 Å².